The van der Waals surface area contributed by atoms with Crippen LogP contribution in [0.1, 0.15) is 23.5 Å². The van der Waals surface area contributed by atoms with Crippen molar-refractivity contribution < 1.29 is 31.6 Å². The highest BCUT2D eigenvalue weighted by molar-refractivity contribution is 7.92. The van der Waals surface area contributed by atoms with Gasteiger partial charge in [-0.15, -0.1) is 11.3 Å². The van der Waals surface area contributed by atoms with Crippen molar-refractivity contribution in [3.63, 3.8) is 0 Å². The van der Waals surface area contributed by atoms with E-state index in [-0.39, 0.29) is 25.1 Å². The van der Waals surface area contributed by atoms with Crippen LogP contribution in [-0.4, -0.2) is 71.6 Å². The first-order valence-corrected chi connectivity index (χ1v) is 14.9. The average molecular weight is 612 g/mol. The van der Waals surface area contributed by atoms with Crippen LogP contribution in [0.2, 0.25) is 4.34 Å². The second-order valence-corrected chi connectivity index (χ2v) is 12.6. The highest BCUT2D eigenvalue weighted by Crippen LogP contribution is 2.31. The molecule has 15 heteroatoms. The number of carbonyl (C=O) groups excluding carboxylic acids is 2. The van der Waals surface area contributed by atoms with E-state index in [9.17, 15) is 22.4 Å². The monoisotopic (exact) mass is 611 g/mol. The Morgan fingerprint density at radius 2 is 2.05 bits per heavy atom. The number of amides is 1. The van der Waals surface area contributed by atoms with Gasteiger partial charge in [0.25, 0.3) is 10.0 Å². The van der Waals surface area contributed by atoms with Crippen molar-refractivity contribution in [2.45, 2.75) is 31.6 Å². The Morgan fingerprint density at radius 1 is 1.23 bits per heavy atom. The zero-order valence-corrected chi connectivity index (χ0v) is 23.3. The van der Waals surface area contributed by atoms with Gasteiger partial charge in [-0.3, -0.25) is 14.5 Å². The van der Waals surface area contributed by atoms with Gasteiger partial charge in [0.05, 0.1) is 22.0 Å². The number of alkyl halides is 1. The molecule has 0 radical (unpaired) electrons. The number of benzene rings is 1. The summed E-state index contributed by atoms with van der Waals surface area (Å²) in [6, 6.07) is 6.09. The Labute approximate surface area is 238 Å². The molecule has 3 aromatic rings. The van der Waals surface area contributed by atoms with E-state index in [0.717, 1.165) is 21.6 Å². The molecule has 2 unspecified atom stereocenters. The van der Waals surface area contributed by atoms with Gasteiger partial charge in [-0.05, 0) is 47.7 Å². The predicted molar refractivity (Wildman–Crippen MR) is 145 cm³/mol. The van der Waals surface area contributed by atoms with Crippen LogP contribution in [0.25, 0.3) is 11.8 Å². The second-order valence-electron chi connectivity index (χ2n) is 9.21. The maximum atomic E-state index is 15.3. The second kappa shape index (κ2) is 11.7. The molecule has 2 aliphatic heterocycles. The van der Waals surface area contributed by atoms with Crippen LogP contribution in [0.15, 0.2) is 48.1 Å². The van der Waals surface area contributed by atoms with Gasteiger partial charge in [-0.1, -0.05) is 11.6 Å². The van der Waals surface area contributed by atoms with E-state index < -0.39 is 34.0 Å². The number of imidazole rings is 1. The highest BCUT2D eigenvalue weighted by Gasteiger charge is 2.44. The predicted octanol–water partition coefficient (Wildman–Crippen LogP) is 3.77. The first-order chi connectivity index (χ1) is 19.2. The molecule has 2 atom stereocenters. The van der Waals surface area contributed by atoms with Gasteiger partial charge < -0.3 is 14.3 Å². The van der Waals surface area contributed by atoms with Crippen LogP contribution < -0.4 is 4.90 Å². The highest BCUT2D eigenvalue weighted by atomic mass is 35.5. The molecule has 1 amide bonds. The van der Waals surface area contributed by atoms with Crippen LogP contribution in [-0.2, 0) is 31.0 Å². The summed E-state index contributed by atoms with van der Waals surface area (Å²) in [5.41, 5.74) is 0.408. The minimum Gasteiger partial charge on any atom is -0.355 e. The number of halogens is 3. The molecule has 0 bridgehead atoms. The van der Waals surface area contributed by atoms with Gasteiger partial charge in [-0.2, -0.15) is 0 Å². The molecule has 2 aromatic heterocycles. The van der Waals surface area contributed by atoms with Gasteiger partial charge in [0.1, 0.15) is 23.9 Å². The van der Waals surface area contributed by atoms with Crippen LogP contribution in [0.5, 0.6) is 0 Å². The molecule has 0 N–H and O–H groups in total. The summed E-state index contributed by atoms with van der Waals surface area (Å²) in [4.78, 5) is 37.0. The fourth-order valence-electron chi connectivity index (χ4n) is 4.76. The number of thiophene rings is 1. The number of sulfonamides is 1. The summed E-state index contributed by atoms with van der Waals surface area (Å²) in [6.45, 7) is 1.23. The Balaban J connectivity index is 1.33. The maximum Gasteiger partial charge on any atom is 0.314 e. The molecule has 5 rings (SSSR count). The molecule has 0 saturated carbocycles. The first kappa shape index (κ1) is 28.4. The molecule has 0 spiro atoms. The van der Waals surface area contributed by atoms with E-state index in [1.165, 1.54) is 18.2 Å². The van der Waals surface area contributed by atoms with Crippen LogP contribution >= 0.6 is 22.9 Å². The molecular weight excluding hydrogens is 588 g/mol. The molecule has 2 aliphatic rings. The lowest BCUT2D eigenvalue weighted by atomic mass is 10.2. The molecule has 2 fully saturated rings. The lowest BCUT2D eigenvalue weighted by Crippen LogP contribution is -2.44. The van der Waals surface area contributed by atoms with Gasteiger partial charge in [-0.25, -0.2) is 22.2 Å². The van der Waals surface area contributed by atoms with Crippen molar-refractivity contribution in [1.82, 2.24) is 18.9 Å². The van der Waals surface area contributed by atoms with Crippen molar-refractivity contribution in [1.29, 1.82) is 0 Å². The Hall–Kier alpha value is -3.17. The smallest absolute Gasteiger partial charge is 0.314 e. The van der Waals surface area contributed by atoms with Gasteiger partial charge >= 0.3 is 6.47 Å². The topological polar surface area (TPSA) is 105 Å². The number of hydroxylamine groups is 1. The summed E-state index contributed by atoms with van der Waals surface area (Å²) in [6.07, 6.45) is 4.06. The van der Waals surface area contributed by atoms with Crippen molar-refractivity contribution in [3.8, 4) is 5.69 Å². The molecule has 2 saturated heterocycles. The molecule has 1 aromatic carbocycles. The number of hydrogen-bond acceptors (Lipinski definition) is 8. The molecule has 0 aliphatic carbocycles. The fourth-order valence-corrected chi connectivity index (χ4v) is 6.96. The number of rotatable bonds is 10. The Kier molecular flexibility index (Phi) is 8.33. The normalized spacial score (nSPS) is 20.3. The molecule has 10 nitrogen and oxygen atoms in total. The maximum absolute atomic E-state index is 15.3. The van der Waals surface area contributed by atoms with Gasteiger partial charge in [0.2, 0.25) is 5.91 Å². The van der Waals surface area contributed by atoms with E-state index in [0.29, 0.717) is 51.2 Å². The van der Waals surface area contributed by atoms with Gasteiger partial charge in [0.15, 0.2) is 0 Å². The van der Waals surface area contributed by atoms with Crippen LogP contribution in [0.3, 0.4) is 0 Å². The minimum atomic E-state index is -4.38. The molecule has 4 heterocycles. The Morgan fingerprint density at radius 3 is 2.73 bits per heavy atom. The van der Waals surface area contributed by atoms with E-state index in [4.69, 9.17) is 16.4 Å². The molecule has 40 heavy (non-hydrogen) atoms. The largest absolute Gasteiger partial charge is 0.355 e. The molecule has 212 valence electrons. The lowest BCUT2D eigenvalue weighted by molar-refractivity contribution is -0.160. The summed E-state index contributed by atoms with van der Waals surface area (Å²) < 4.78 is 57.3. The quantitative estimate of drug-likeness (QED) is 0.254. The van der Waals surface area contributed by atoms with Crippen LogP contribution in [0, 0.1) is 5.82 Å². The van der Waals surface area contributed by atoms with Crippen molar-refractivity contribution >= 4 is 57.1 Å². The average Bonchev–Trinajstić information content (AvgIpc) is 3.71. The zero-order valence-electron chi connectivity index (χ0n) is 20.9. The number of aromatic nitrogens is 2. The number of hydrogen-bond donors (Lipinski definition) is 0. The number of anilines is 1. The summed E-state index contributed by atoms with van der Waals surface area (Å²) in [5.74, 6) is -0.845. The number of likely N-dealkylation sites (tertiary alicyclic amines) is 1. The summed E-state index contributed by atoms with van der Waals surface area (Å²) >= 11 is 7.01. The lowest BCUT2D eigenvalue weighted by Gasteiger charge is -2.23. The first-order valence-electron chi connectivity index (χ1n) is 12.2. The van der Waals surface area contributed by atoms with Crippen molar-refractivity contribution in [2.24, 2.45) is 0 Å². The molecular formula is C25H24ClF2N5O5S2. The third-order valence-electron chi connectivity index (χ3n) is 6.63. The van der Waals surface area contributed by atoms with Crippen LogP contribution in [0.4, 0.5) is 14.5 Å². The van der Waals surface area contributed by atoms with Crippen molar-refractivity contribution in [2.75, 3.05) is 24.5 Å². The van der Waals surface area contributed by atoms with E-state index in [1.807, 2.05) is 4.90 Å². The van der Waals surface area contributed by atoms with Crippen molar-refractivity contribution in [3.05, 3.63) is 69.0 Å². The van der Waals surface area contributed by atoms with E-state index in [1.54, 1.807) is 35.2 Å². The van der Waals surface area contributed by atoms with E-state index >= 15 is 4.39 Å². The standard InChI is InChI=1S/C25H24ClF2N5O5S2/c26-23-4-2-19(39-23)7-12-40(36,37)33(38-16-34)22-6-10-32(25(22)35)21-3-1-18(13-20(21)28)31-11-8-29-24(31)15-30-9-5-17(27)14-30/h1-4,7-8,11-13,16-17,22H,5-6,9-10,14-15H2/b12-7+. The summed E-state index contributed by atoms with van der Waals surface area (Å²) in [7, 11) is -4.38. The third kappa shape index (κ3) is 5.95. The zero-order chi connectivity index (χ0) is 28.4. The Bertz CT molecular complexity index is 1550. The van der Waals surface area contributed by atoms with E-state index in [2.05, 4.69) is 4.98 Å². The number of carbonyl (C=O) groups is 2. The minimum absolute atomic E-state index is 0.00602. The summed E-state index contributed by atoms with van der Waals surface area (Å²) in [5, 5.41) is 0.808. The SMILES string of the molecule is O=CON(C1CCN(c2ccc(-n3ccnc3CN3CCC(F)C3)cc2F)C1=O)S(=O)(=O)/C=C/c1ccc(Cl)s1. The third-order valence-corrected chi connectivity index (χ3v) is 9.14. The fraction of sp³-hybridized carbons (Fsp3) is 0.320. The number of nitrogens with zero attached hydrogens (tertiary/aromatic N) is 5. The van der Waals surface area contributed by atoms with Gasteiger partial charge in [0, 0.05) is 48.7 Å².